The molecule has 1 saturated heterocycles. The summed E-state index contributed by atoms with van der Waals surface area (Å²) in [5.41, 5.74) is 0.526. The minimum atomic E-state index is -0.409. The van der Waals surface area contributed by atoms with Gasteiger partial charge in [0.25, 0.3) is 0 Å². The van der Waals surface area contributed by atoms with Crippen molar-refractivity contribution in [3.63, 3.8) is 0 Å². The van der Waals surface area contributed by atoms with Gasteiger partial charge < -0.3 is 4.74 Å². The Morgan fingerprint density at radius 2 is 2.13 bits per heavy atom. The van der Waals surface area contributed by atoms with Crippen LogP contribution in [0.15, 0.2) is 18.2 Å². The summed E-state index contributed by atoms with van der Waals surface area (Å²) < 4.78 is 5.03. The topological polar surface area (TPSA) is 26.3 Å². The highest BCUT2D eigenvalue weighted by molar-refractivity contribution is 6.42. The maximum Gasteiger partial charge on any atom is 0.317 e. The van der Waals surface area contributed by atoms with Gasteiger partial charge in [0.1, 0.15) is 0 Å². The van der Waals surface area contributed by atoms with E-state index in [1.807, 2.05) is 6.07 Å². The fraction of sp³-hybridized carbons (Fsp3) is 0.364. The second kappa shape index (κ2) is 2.89. The van der Waals surface area contributed by atoms with Crippen LogP contribution in [0.25, 0.3) is 0 Å². The predicted molar refractivity (Wildman–Crippen MR) is 57.2 cm³/mol. The van der Waals surface area contributed by atoms with E-state index >= 15 is 0 Å². The fourth-order valence-electron chi connectivity index (χ4n) is 2.33. The average molecular weight is 243 g/mol. The summed E-state index contributed by atoms with van der Waals surface area (Å²) in [6.45, 7) is 0.541. The first-order valence-corrected chi connectivity index (χ1v) is 5.53. The van der Waals surface area contributed by atoms with Gasteiger partial charge >= 0.3 is 5.97 Å². The SMILES string of the molecule is O=C1OCC2CC12c1ccc(Cl)c(Cl)c1. The minimum absolute atomic E-state index is 0.120. The summed E-state index contributed by atoms with van der Waals surface area (Å²) >= 11 is 11.8. The van der Waals surface area contributed by atoms with Gasteiger partial charge in [0.2, 0.25) is 0 Å². The zero-order valence-corrected chi connectivity index (χ0v) is 9.31. The lowest BCUT2D eigenvalue weighted by Gasteiger charge is -2.10. The Hall–Kier alpha value is -0.730. The molecular formula is C11H8Cl2O2. The molecular weight excluding hydrogens is 235 g/mol. The van der Waals surface area contributed by atoms with Gasteiger partial charge in [0.15, 0.2) is 0 Å². The third-order valence-electron chi connectivity index (χ3n) is 3.32. The zero-order valence-electron chi connectivity index (χ0n) is 7.80. The molecule has 2 aliphatic rings. The van der Waals surface area contributed by atoms with E-state index in [0.29, 0.717) is 22.6 Å². The zero-order chi connectivity index (χ0) is 10.6. The summed E-state index contributed by atoms with van der Waals surface area (Å²) in [5.74, 6) is 0.216. The van der Waals surface area contributed by atoms with Crippen LogP contribution in [0, 0.1) is 5.92 Å². The molecule has 0 amide bonds. The lowest BCUT2D eigenvalue weighted by molar-refractivity contribution is -0.142. The molecule has 2 unspecified atom stereocenters. The lowest BCUT2D eigenvalue weighted by atomic mass is 9.95. The molecule has 1 saturated carbocycles. The molecule has 1 heterocycles. The number of halogens is 2. The van der Waals surface area contributed by atoms with Crippen LogP contribution in [0.2, 0.25) is 10.0 Å². The van der Waals surface area contributed by atoms with Crippen LogP contribution < -0.4 is 0 Å². The Bertz CT molecular complexity index is 458. The Morgan fingerprint density at radius 3 is 2.67 bits per heavy atom. The summed E-state index contributed by atoms with van der Waals surface area (Å²) in [5, 5.41) is 1.01. The van der Waals surface area contributed by atoms with E-state index < -0.39 is 5.41 Å². The summed E-state index contributed by atoms with van der Waals surface area (Å²) in [6.07, 6.45) is 0.879. The third kappa shape index (κ3) is 1.15. The minimum Gasteiger partial charge on any atom is -0.465 e. The van der Waals surface area contributed by atoms with Crippen molar-refractivity contribution >= 4 is 29.2 Å². The molecule has 1 aliphatic heterocycles. The van der Waals surface area contributed by atoms with E-state index in [1.54, 1.807) is 12.1 Å². The van der Waals surface area contributed by atoms with E-state index in [1.165, 1.54) is 0 Å². The third-order valence-corrected chi connectivity index (χ3v) is 4.06. The number of carbonyl (C=O) groups is 1. The van der Waals surface area contributed by atoms with E-state index in [-0.39, 0.29) is 5.97 Å². The molecule has 1 aromatic carbocycles. The molecule has 0 spiro atoms. The van der Waals surface area contributed by atoms with E-state index in [4.69, 9.17) is 27.9 Å². The van der Waals surface area contributed by atoms with Crippen LogP contribution in [-0.2, 0) is 14.9 Å². The predicted octanol–water partition coefficient (Wildman–Crippen LogP) is 2.81. The molecule has 3 rings (SSSR count). The van der Waals surface area contributed by atoms with Gasteiger partial charge in [0, 0.05) is 5.92 Å². The van der Waals surface area contributed by atoms with Crippen molar-refractivity contribution in [2.45, 2.75) is 11.8 Å². The summed E-state index contributed by atoms with van der Waals surface area (Å²) in [6, 6.07) is 5.37. The van der Waals surface area contributed by atoms with Crippen molar-refractivity contribution in [1.82, 2.24) is 0 Å². The molecule has 0 aromatic heterocycles. The van der Waals surface area contributed by atoms with Gasteiger partial charge in [-0.25, -0.2) is 0 Å². The van der Waals surface area contributed by atoms with Crippen molar-refractivity contribution in [3.8, 4) is 0 Å². The van der Waals surface area contributed by atoms with Crippen LogP contribution in [0.4, 0.5) is 0 Å². The van der Waals surface area contributed by atoms with Crippen molar-refractivity contribution < 1.29 is 9.53 Å². The molecule has 4 heteroatoms. The van der Waals surface area contributed by atoms with Gasteiger partial charge in [0.05, 0.1) is 22.1 Å². The van der Waals surface area contributed by atoms with Crippen LogP contribution in [0.1, 0.15) is 12.0 Å². The van der Waals surface area contributed by atoms with Crippen LogP contribution in [0.5, 0.6) is 0 Å². The maximum absolute atomic E-state index is 11.6. The monoisotopic (exact) mass is 242 g/mol. The molecule has 1 aromatic rings. The normalized spacial score (nSPS) is 32.4. The van der Waals surface area contributed by atoms with E-state index in [9.17, 15) is 4.79 Å². The fourth-order valence-corrected chi connectivity index (χ4v) is 2.63. The highest BCUT2D eigenvalue weighted by Crippen LogP contribution is 2.59. The maximum atomic E-state index is 11.6. The largest absolute Gasteiger partial charge is 0.465 e. The van der Waals surface area contributed by atoms with E-state index in [0.717, 1.165) is 12.0 Å². The van der Waals surface area contributed by atoms with Gasteiger partial charge in [-0.2, -0.15) is 0 Å². The molecule has 2 fully saturated rings. The molecule has 0 bridgehead atoms. The van der Waals surface area contributed by atoms with Crippen LogP contribution in [-0.4, -0.2) is 12.6 Å². The average Bonchev–Trinajstić information content (AvgIpc) is 2.87. The second-order valence-corrected chi connectivity index (χ2v) is 4.91. The Labute approximate surface area is 97.1 Å². The quantitative estimate of drug-likeness (QED) is 0.709. The number of ether oxygens (including phenoxy) is 1. The van der Waals surface area contributed by atoms with Gasteiger partial charge in [-0.05, 0) is 24.1 Å². The number of benzene rings is 1. The molecule has 1 aliphatic carbocycles. The summed E-state index contributed by atoms with van der Waals surface area (Å²) in [4.78, 5) is 11.6. The molecule has 0 N–H and O–H groups in total. The standard InChI is InChI=1S/C11H8Cl2O2/c12-8-2-1-6(3-9(8)13)11-4-7(11)5-15-10(11)14/h1-3,7H,4-5H2. The van der Waals surface area contributed by atoms with Gasteiger partial charge in [-0.1, -0.05) is 29.3 Å². The van der Waals surface area contributed by atoms with Gasteiger partial charge in [-0.15, -0.1) is 0 Å². The smallest absolute Gasteiger partial charge is 0.317 e. The highest BCUT2D eigenvalue weighted by Gasteiger charge is 2.66. The number of fused-ring (bicyclic) bond motifs is 1. The number of esters is 1. The second-order valence-electron chi connectivity index (χ2n) is 4.10. The molecule has 2 nitrogen and oxygen atoms in total. The Balaban J connectivity index is 2.07. The molecule has 2 atom stereocenters. The van der Waals surface area contributed by atoms with Crippen molar-refractivity contribution in [3.05, 3.63) is 33.8 Å². The molecule has 78 valence electrons. The Morgan fingerprint density at radius 1 is 1.33 bits per heavy atom. The number of cyclic esters (lactones) is 1. The lowest BCUT2D eigenvalue weighted by Crippen LogP contribution is -2.18. The number of carbonyl (C=O) groups excluding carboxylic acids is 1. The summed E-state index contributed by atoms with van der Waals surface area (Å²) in [7, 11) is 0. The first kappa shape index (κ1) is 9.49. The molecule has 0 radical (unpaired) electrons. The van der Waals surface area contributed by atoms with Crippen molar-refractivity contribution in [2.75, 3.05) is 6.61 Å². The highest BCUT2D eigenvalue weighted by atomic mass is 35.5. The number of rotatable bonds is 1. The molecule has 15 heavy (non-hydrogen) atoms. The number of hydrogen-bond acceptors (Lipinski definition) is 2. The van der Waals surface area contributed by atoms with E-state index in [2.05, 4.69) is 0 Å². The van der Waals surface area contributed by atoms with Crippen LogP contribution in [0.3, 0.4) is 0 Å². The Kier molecular flexibility index (Phi) is 1.83. The number of hydrogen-bond donors (Lipinski definition) is 0. The van der Waals surface area contributed by atoms with Crippen molar-refractivity contribution in [1.29, 1.82) is 0 Å². The first-order valence-electron chi connectivity index (χ1n) is 4.77. The van der Waals surface area contributed by atoms with Crippen molar-refractivity contribution in [2.24, 2.45) is 5.92 Å². The first-order chi connectivity index (χ1) is 7.14. The van der Waals surface area contributed by atoms with Gasteiger partial charge in [-0.3, -0.25) is 4.79 Å². The van der Waals surface area contributed by atoms with Crippen LogP contribution >= 0.6 is 23.2 Å².